The number of likely N-dealkylation sites (tertiary alicyclic amines) is 1. The molecule has 3 aromatic rings. The van der Waals surface area contributed by atoms with Crippen molar-refractivity contribution in [2.45, 2.75) is 25.8 Å². The Bertz CT molecular complexity index is 902. The van der Waals surface area contributed by atoms with Gasteiger partial charge in [-0.1, -0.05) is 18.2 Å². The topological polar surface area (TPSA) is 59.3 Å². The molecule has 4 rings (SSSR count). The number of anilines is 1. The lowest BCUT2D eigenvalue weighted by Crippen LogP contribution is -2.36. The van der Waals surface area contributed by atoms with Crippen LogP contribution in [0, 0.1) is 5.92 Å². The molecule has 0 unspecified atom stereocenters. The minimum absolute atomic E-state index is 0.658. The number of aryl methyl sites for hydroxylation is 1. The summed E-state index contributed by atoms with van der Waals surface area (Å²) in [6.45, 7) is 5.17. The summed E-state index contributed by atoms with van der Waals surface area (Å²) in [6, 6.07) is 10.1. The minimum Gasteiger partial charge on any atom is -0.493 e. The average molecular weight is 395 g/mol. The number of para-hydroxylation sites is 1. The summed E-state index contributed by atoms with van der Waals surface area (Å²) in [6.07, 6.45) is 7.02. The van der Waals surface area contributed by atoms with Crippen molar-refractivity contribution >= 4 is 17.0 Å². The van der Waals surface area contributed by atoms with Gasteiger partial charge in [-0.05, 0) is 56.9 Å². The Morgan fingerprint density at radius 3 is 2.59 bits per heavy atom. The van der Waals surface area contributed by atoms with Crippen molar-refractivity contribution in [1.29, 1.82) is 0 Å². The number of ether oxygens (including phenoxy) is 1. The number of hydrogen-bond acceptors (Lipinski definition) is 6. The standard InChI is InChI=1S/C22H30N6O/c1-26(2)21-20-22(24-16-23-21)28(17-25-20)12-6-11-27-13-9-18(10-14-27)15-29-19-7-4-3-5-8-19/h3-5,7-8,16-18H,6,9-15H2,1-2H3. The maximum atomic E-state index is 5.93. The summed E-state index contributed by atoms with van der Waals surface area (Å²) in [4.78, 5) is 17.9. The predicted octanol–water partition coefficient (Wildman–Crippen LogP) is 3.07. The molecule has 7 heteroatoms. The lowest BCUT2D eigenvalue weighted by molar-refractivity contribution is 0.139. The molecule has 154 valence electrons. The first-order chi connectivity index (χ1) is 14.2. The van der Waals surface area contributed by atoms with E-state index in [9.17, 15) is 0 Å². The molecule has 29 heavy (non-hydrogen) atoms. The Labute approximate surface area is 172 Å². The summed E-state index contributed by atoms with van der Waals surface area (Å²) >= 11 is 0. The minimum atomic E-state index is 0.658. The van der Waals surface area contributed by atoms with E-state index < -0.39 is 0 Å². The molecule has 1 aliphatic heterocycles. The van der Waals surface area contributed by atoms with Crippen molar-refractivity contribution < 1.29 is 4.74 Å². The van der Waals surface area contributed by atoms with Gasteiger partial charge in [-0.3, -0.25) is 0 Å². The van der Waals surface area contributed by atoms with Crippen LogP contribution < -0.4 is 9.64 Å². The van der Waals surface area contributed by atoms with Crippen LogP contribution in [0.15, 0.2) is 43.0 Å². The van der Waals surface area contributed by atoms with Crippen LogP contribution in [-0.4, -0.2) is 64.8 Å². The van der Waals surface area contributed by atoms with Crippen molar-refractivity contribution in [3.05, 3.63) is 43.0 Å². The molecule has 7 nitrogen and oxygen atoms in total. The van der Waals surface area contributed by atoms with Gasteiger partial charge in [0.05, 0.1) is 12.9 Å². The van der Waals surface area contributed by atoms with Gasteiger partial charge >= 0.3 is 0 Å². The molecular formula is C22H30N6O. The van der Waals surface area contributed by atoms with Crippen LogP contribution in [0.25, 0.3) is 11.2 Å². The number of benzene rings is 1. The van der Waals surface area contributed by atoms with Crippen molar-refractivity contribution in [2.75, 3.05) is 45.2 Å². The van der Waals surface area contributed by atoms with Crippen LogP contribution in [0.1, 0.15) is 19.3 Å². The SMILES string of the molecule is CN(C)c1ncnc2c1ncn2CCCN1CCC(COc2ccccc2)CC1. The van der Waals surface area contributed by atoms with Gasteiger partial charge in [0.1, 0.15) is 12.1 Å². The second-order valence-corrected chi connectivity index (χ2v) is 7.96. The number of piperidine rings is 1. The fraction of sp³-hybridized carbons (Fsp3) is 0.500. The van der Waals surface area contributed by atoms with E-state index in [0.717, 1.165) is 61.9 Å². The molecule has 0 aliphatic carbocycles. The summed E-state index contributed by atoms with van der Waals surface area (Å²) in [5.41, 5.74) is 1.79. The quantitative estimate of drug-likeness (QED) is 0.585. The van der Waals surface area contributed by atoms with Gasteiger partial charge in [-0.15, -0.1) is 0 Å². The summed E-state index contributed by atoms with van der Waals surface area (Å²) < 4.78 is 8.08. The Kier molecular flexibility index (Phi) is 6.24. The van der Waals surface area contributed by atoms with Crippen LogP contribution in [-0.2, 0) is 6.54 Å². The number of imidazole rings is 1. The zero-order chi connectivity index (χ0) is 20.1. The molecule has 0 amide bonds. The molecule has 0 radical (unpaired) electrons. The first kappa shape index (κ1) is 19.6. The fourth-order valence-corrected chi connectivity index (χ4v) is 3.93. The van der Waals surface area contributed by atoms with Gasteiger partial charge < -0.3 is 19.1 Å². The number of aromatic nitrogens is 4. The molecule has 1 fully saturated rings. The Balaban J connectivity index is 1.21. The van der Waals surface area contributed by atoms with Crippen LogP contribution in [0.4, 0.5) is 5.82 Å². The van der Waals surface area contributed by atoms with E-state index in [0.29, 0.717) is 5.92 Å². The molecule has 1 aromatic carbocycles. The van der Waals surface area contributed by atoms with Crippen molar-refractivity contribution in [3.63, 3.8) is 0 Å². The number of nitrogens with zero attached hydrogens (tertiary/aromatic N) is 6. The van der Waals surface area contributed by atoms with E-state index in [4.69, 9.17) is 4.74 Å². The third-order valence-corrected chi connectivity index (χ3v) is 5.61. The average Bonchev–Trinajstić information content (AvgIpc) is 3.17. The molecule has 3 heterocycles. The first-order valence-electron chi connectivity index (χ1n) is 10.4. The molecular weight excluding hydrogens is 364 g/mol. The normalized spacial score (nSPS) is 15.7. The van der Waals surface area contributed by atoms with Gasteiger partial charge in [0, 0.05) is 20.6 Å². The van der Waals surface area contributed by atoms with E-state index in [-0.39, 0.29) is 0 Å². The second kappa shape index (κ2) is 9.22. The predicted molar refractivity (Wildman–Crippen MR) is 115 cm³/mol. The largest absolute Gasteiger partial charge is 0.493 e. The van der Waals surface area contributed by atoms with Gasteiger partial charge in [-0.25, -0.2) is 15.0 Å². The lowest BCUT2D eigenvalue weighted by atomic mass is 9.97. The highest BCUT2D eigenvalue weighted by Crippen LogP contribution is 2.21. The summed E-state index contributed by atoms with van der Waals surface area (Å²) in [5, 5.41) is 0. The Morgan fingerprint density at radius 1 is 1.03 bits per heavy atom. The molecule has 0 spiro atoms. The highest BCUT2D eigenvalue weighted by molar-refractivity contribution is 5.82. The second-order valence-electron chi connectivity index (χ2n) is 7.96. The first-order valence-corrected chi connectivity index (χ1v) is 10.4. The Hall–Kier alpha value is -2.67. The number of fused-ring (bicyclic) bond motifs is 1. The third-order valence-electron chi connectivity index (χ3n) is 5.61. The van der Waals surface area contributed by atoms with Crippen molar-refractivity contribution in [2.24, 2.45) is 5.92 Å². The number of hydrogen-bond donors (Lipinski definition) is 0. The van der Waals surface area contributed by atoms with Gasteiger partial charge in [0.25, 0.3) is 0 Å². The monoisotopic (exact) mass is 394 g/mol. The smallest absolute Gasteiger partial charge is 0.165 e. The van der Waals surface area contributed by atoms with E-state index >= 15 is 0 Å². The third kappa shape index (κ3) is 4.85. The van der Waals surface area contributed by atoms with Crippen LogP contribution >= 0.6 is 0 Å². The highest BCUT2D eigenvalue weighted by Gasteiger charge is 2.19. The van der Waals surface area contributed by atoms with Gasteiger partial charge in [0.2, 0.25) is 0 Å². The van der Waals surface area contributed by atoms with Gasteiger partial charge in [0.15, 0.2) is 17.0 Å². The molecule has 0 saturated carbocycles. The lowest BCUT2D eigenvalue weighted by Gasteiger charge is -2.31. The van der Waals surface area contributed by atoms with E-state index in [1.54, 1.807) is 6.33 Å². The van der Waals surface area contributed by atoms with E-state index in [1.807, 2.05) is 55.7 Å². The molecule has 0 atom stereocenters. The molecule has 1 aliphatic rings. The Morgan fingerprint density at radius 2 is 1.83 bits per heavy atom. The fourth-order valence-electron chi connectivity index (χ4n) is 3.93. The maximum Gasteiger partial charge on any atom is 0.165 e. The van der Waals surface area contributed by atoms with Gasteiger partial charge in [-0.2, -0.15) is 0 Å². The van der Waals surface area contributed by atoms with Crippen LogP contribution in [0.5, 0.6) is 5.75 Å². The van der Waals surface area contributed by atoms with Crippen molar-refractivity contribution in [1.82, 2.24) is 24.4 Å². The van der Waals surface area contributed by atoms with Crippen LogP contribution in [0.3, 0.4) is 0 Å². The zero-order valence-corrected chi connectivity index (χ0v) is 17.4. The highest BCUT2D eigenvalue weighted by atomic mass is 16.5. The molecule has 1 saturated heterocycles. The van der Waals surface area contributed by atoms with Crippen LogP contribution in [0.2, 0.25) is 0 Å². The summed E-state index contributed by atoms with van der Waals surface area (Å²) in [5.74, 6) is 2.50. The zero-order valence-electron chi connectivity index (χ0n) is 17.4. The molecule has 2 aromatic heterocycles. The van der Waals surface area contributed by atoms with E-state index in [1.165, 1.54) is 12.8 Å². The molecule has 0 bridgehead atoms. The van der Waals surface area contributed by atoms with E-state index in [2.05, 4.69) is 24.4 Å². The molecule has 0 N–H and O–H groups in total. The number of rotatable bonds is 8. The maximum absolute atomic E-state index is 5.93. The van der Waals surface area contributed by atoms with Crippen molar-refractivity contribution in [3.8, 4) is 5.75 Å². The summed E-state index contributed by atoms with van der Waals surface area (Å²) in [7, 11) is 3.96.